The van der Waals surface area contributed by atoms with Gasteiger partial charge in [0.05, 0.1) is 24.3 Å². The number of nitrogens with zero attached hydrogens (tertiary/aromatic N) is 2. The van der Waals surface area contributed by atoms with E-state index >= 15 is 0 Å². The second kappa shape index (κ2) is 9.18. The van der Waals surface area contributed by atoms with E-state index in [0.29, 0.717) is 28.2 Å². The lowest BCUT2D eigenvalue weighted by Crippen LogP contribution is -2.35. The maximum atomic E-state index is 13.0. The molecule has 0 saturated carbocycles. The molecule has 0 atom stereocenters. The highest BCUT2D eigenvalue weighted by atomic mass is 32.2. The first-order chi connectivity index (χ1) is 13.9. The van der Waals surface area contributed by atoms with Gasteiger partial charge in [0.2, 0.25) is 0 Å². The van der Waals surface area contributed by atoms with Crippen LogP contribution in [-0.2, 0) is 4.79 Å². The summed E-state index contributed by atoms with van der Waals surface area (Å²) in [4.78, 5) is 20.1. The Labute approximate surface area is 176 Å². The van der Waals surface area contributed by atoms with E-state index < -0.39 is 0 Å². The van der Waals surface area contributed by atoms with Gasteiger partial charge in [-0.1, -0.05) is 23.8 Å². The van der Waals surface area contributed by atoms with Crippen molar-refractivity contribution in [2.24, 2.45) is 4.99 Å². The number of hydrogen-bond acceptors (Lipinski definition) is 5. The smallest absolute Gasteiger partial charge is 0.266 e. The van der Waals surface area contributed by atoms with E-state index in [1.54, 1.807) is 12.0 Å². The molecule has 2 aromatic carbocycles. The Morgan fingerprint density at radius 3 is 2.48 bits per heavy atom. The van der Waals surface area contributed by atoms with E-state index in [-0.39, 0.29) is 11.9 Å². The Bertz CT molecular complexity index is 949. The van der Waals surface area contributed by atoms with Gasteiger partial charge >= 0.3 is 0 Å². The first-order valence-corrected chi connectivity index (χ1v) is 10.4. The average molecular weight is 411 g/mol. The quantitative estimate of drug-likeness (QED) is 0.597. The predicted molar refractivity (Wildman–Crippen MR) is 120 cm³/mol. The Kier molecular flexibility index (Phi) is 6.64. The van der Waals surface area contributed by atoms with Crippen LogP contribution < -0.4 is 9.47 Å². The third-order valence-electron chi connectivity index (χ3n) is 4.40. The van der Waals surface area contributed by atoms with Gasteiger partial charge in [-0.05, 0) is 75.4 Å². The highest BCUT2D eigenvalue weighted by Crippen LogP contribution is 2.36. The van der Waals surface area contributed by atoms with Gasteiger partial charge in [0.25, 0.3) is 5.91 Å². The minimum atomic E-state index is -0.0374. The molecule has 0 aliphatic carbocycles. The number of amidine groups is 1. The molecule has 1 fully saturated rings. The molecule has 0 N–H and O–H groups in total. The molecule has 0 spiro atoms. The molecule has 2 aromatic rings. The van der Waals surface area contributed by atoms with Gasteiger partial charge in [-0.3, -0.25) is 9.69 Å². The number of hydrogen-bond donors (Lipinski definition) is 0. The maximum Gasteiger partial charge on any atom is 0.266 e. The summed E-state index contributed by atoms with van der Waals surface area (Å²) < 4.78 is 11.0. The lowest BCUT2D eigenvalue weighted by Gasteiger charge is -2.19. The summed E-state index contributed by atoms with van der Waals surface area (Å²) >= 11 is 1.39. The summed E-state index contributed by atoms with van der Waals surface area (Å²) in [5.41, 5.74) is 2.89. The van der Waals surface area contributed by atoms with Crippen LogP contribution in [0.15, 0.2) is 52.4 Å². The normalized spacial score (nSPS) is 16.9. The number of carbonyl (C=O) groups excluding carboxylic acids is 1. The SMILES string of the molecule is CCOc1cc(/C=C2/SC(=Nc3ccc(C)cc3)N(C(C)C)C2=O)ccc1OC. The summed E-state index contributed by atoms with van der Waals surface area (Å²) in [7, 11) is 1.61. The summed E-state index contributed by atoms with van der Waals surface area (Å²) in [6, 6.07) is 13.6. The molecule has 0 radical (unpaired) electrons. The second-order valence-electron chi connectivity index (χ2n) is 6.95. The standard InChI is InChI=1S/C23H26N2O3S/c1-6-28-20-13-17(9-12-19(20)27-5)14-21-22(26)25(15(2)3)23(29-21)24-18-10-7-16(4)8-11-18/h7-15H,6H2,1-5H3/b21-14+,24-23?. The molecular formula is C23H26N2O3S. The van der Waals surface area contributed by atoms with E-state index in [2.05, 4.69) is 0 Å². The van der Waals surface area contributed by atoms with Crippen LogP contribution in [0.3, 0.4) is 0 Å². The van der Waals surface area contributed by atoms with Gasteiger partial charge in [-0.15, -0.1) is 0 Å². The van der Waals surface area contributed by atoms with Crippen molar-refractivity contribution in [1.29, 1.82) is 0 Å². The minimum absolute atomic E-state index is 0.0138. The van der Waals surface area contributed by atoms with Crippen LogP contribution in [0.1, 0.15) is 31.9 Å². The largest absolute Gasteiger partial charge is 0.493 e. The molecule has 1 saturated heterocycles. The highest BCUT2D eigenvalue weighted by molar-refractivity contribution is 8.18. The third-order valence-corrected chi connectivity index (χ3v) is 5.38. The molecule has 1 heterocycles. The molecule has 152 valence electrons. The van der Waals surface area contributed by atoms with Crippen molar-refractivity contribution >= 4 is 34.6 Å². The van der Waals surface area contributed by atoms with Gasteiger partial charge in [0.1, 0.15) is 0 Å². The molecule has 1 amide bonds. The first-order valence-electron chi connectivity index (χ1n) is 9.62. The van der Waals surface area contributed by atoms with Crippen LogP contribution in [0.25, 0.3) is 6.08 Å². The van der Waals surface area contributed by atoms with Crippen molar-refractivity contribution in [3.63, 3.8) is 0 Å². The second-order valence-corrected chi connectivity index (χ2v) is 7.96. The lowest BCUT2D eigenvalue weighted by molar-refractivity contribution is -0.123. The summed E-state index contributed by atoms with van der Waals surface area (Å²) in [5, 5.41) is 0.693. The zero-order chi connectivity index (χ0) is 21.0. The Hall–Kier alpha value is -2.73. The van der Waals surface area contributed by atoms with Crippen LogP contribution in [0, 0.1) is 6.92 Å². The van der Waals surface area contributed by atoms with Crippen molar-refractivity contribution in [2.75, 3.05) is 13.7 Å². The van der Waals surface area contributed by atoms with Crippen molar-refractivity contribution < 1.29 is 14.3 Å². The number of thioether (sulfide) groups is 1. The van der Waals surface area contributed by atoms with Crippen molar-refractivity contribution in [2.45, 2.75) is 33.7 Å². The fraction of sp³-hybridized carbons (Fsp3) is 0.304. The Balaban J connectivity index is 1.95. The van der Waals surface area contributed by atoms with Crippen LogP contribution in [-0.4, -0.2) is 35.7 Å². The maximum absolute atomic E-state index is 13.0. The van der Waals surface area contributed by atoms with Crippen molar-refractivity contribution in [1.82, 2.24) is 4.90 Å². The average Bonchev–Trinajstić information content (AvgIpc) is 2.99. The monoisotopic (exact) mass is 410 g/mol. The van der Waals surface area contributed by atoms with Crippen LogP contribution >= 0.6 is 11.8 Å². The van der Waals surface area contributed by atoms with Gasteiger partial charge in [0.15, 0.2) is 16.7 Å². The number of aliphatic imine (C=N–C) groups is 1. The zero-order valence-electron chi connectivity index (χ0n) is 17.4. The summed E-state index contributed by atoms with van der Waals surface area (Å²) in [6.07, 6.45) is 1.88. The van der Waals surface area contributed by atoms with Crippen molar-refractivity contribution in [3.8, 4) is 11.5 Å². The molecule has 1 aliphatic rings. The van der Waals surface area contributed by atoms with Gasteiger partial charge < -0.3 is 9.47 Å². The number of aryl methyl sites for hydroxylation is 1. The number of amides is 1. The van der Waals surface area contributed by atoms with Gasteiger partial charge in [-0.2, -0.15) is 0 Å². The Morgan fingerprint density at radius 1 is 1.14 bits per heavy atom. The summed E-state index contributed by atoms with van der Waals surface area (Å²) in [6.45, 7) is 8.49. The molecule has 5 nitrogen and oxygen atoms in total. The molecule has 29 heavy (non-hydrogen) atoms. The van der Waals surface area contributed by atoms with E-state index in [1.165, 1.54) is 17.3 Å². The molecule has 3 rings (SSSR count). The fourth-order valence-corrected chi connectivity index (χ4v) is 4.07. The van der Waals surface area contributed by atoms with E-state index in [1.807, 2.05) is 76.2 Å². The van der Waals surface area contributed by atoms with Crippen LogP contribution in [0.5, 0.6) is 11.5 Å². The fourth-order valence-electron chi connectivity index (χ4n) is 2.95. The lowest BCUT2D eigenvalue weighted by atomic mass is 10.1. The molecule has 6 heteroatoms. The number of rotatable bonds is 6. The number of benzene rings is 2. The van der Waals surface area contributed by atoms with Crippen LogP contribution in [0.2, 0.25) is 0 Å². The number of methoxy groups -OCH3 is 1. The van der Waals surface area contributed by atoms with E-state index in [9.17, 15) is 4.79 Å². The van der Waals surface area contributed by atoms with Gasteiger partial charge in [-0.25, -0.2) is 4.99 Å². The Morgan fingerprint density at radius 2 is 1.86 bits per heavy atom. The third kappa shape index (κ3) is 4.82. The van der Waals surface area contributed by atoms with Crippen molar-refractivity contribution in [3.05, 3.63) is 58.5 Å². The zero-order valence-corrected chi connectivity index (χ0v) is 18.2. The molecule has 0 bridgehead atoms. The van der Waals surface area contributed by atoms with E-state index in [0.717, 1.165) is 11.3 Å². The number of carbonyl (C=O) groups is 1. The van der Waals surface area contributed by atoms with Crippen LogP contribution in [0.4, 0.5) is 5.69 Å². The topological polar surface area (TPSA) is 51.1 Å². The molecular weight excluding hydrogens is 384 g/mol. The van der Waals surface area contributed by atoms with Gasteiger partial charge in [0, 0.05) is 6.04 Å². The predicted octanol–water partition coefficient (Wildman–Crippen LogP) is 5.41. The molecule has 0 aromatic heterocycles. The van der Waals surface area contributed by atoms with E-state index in [4.69, 9.17) is 14.5 Å². The highest BCUT2D eigenvalue weighted by Gasteiger charge is 2.35. The first kappa shape index (κ1) is 21.0. The summed E-state index contributed by atoms with van der Waals surface area (Å²) in [5.74, 6) is 1.29. The number of ether oxygens (including phenoxy) is 2. The molecule has 0 unspecified atom stereocenters. The minimum Gasteiger partial charge on any atom is -0.493 e. The molecule has 1 aliphatic heterocycles.